The number of aliphatic hydroxyl groups is 3. The third kappa shape index (κ3) is 16.0. The third-order valence-corrected chi connectivity index (χ3v) is 12.1. The fourth-order valence-corrected chi connectivity index (χ4v) is 8.46. The number of phenols is 3. The number of aromatic hydroxyl groups is 3. The zero-order chi connectivity index (χ0) is 43.0. The zero-order valence-electron chi connectivity index (χ0n) is 35.8. The molecule has 7 rings (SSSR count). The molecule has 6 atom stereocenters. The van der Waals surface area contributed by atoms with E-state index in [1.165, 1.54) is 48.9 Å². The Hall–Kier alpha value is -4.45. The smallest absolute Gasteiger partial charge is 0.115 e. The Morgan fingerprint density at radius 1 is 0.435 bits per heavy atom. The molecule has 0 saturated heterocycles. The van der Waals surface area contributed by atoms with Gasteiger partial charge in [-0.1, -0.05) is 104 Å². The average Bonchev–Trinajstić information content (AvgIpc) is 3.28. The van der Waals surface area contributed by atoms with Gasteiger partial charge >= 0.3 is 0 Å². The predicted octanol–water partition coefficient (Wildman–Crippen LogP) is 10.1. The second-order valence-electron chi connectivity index (χ2n) is 16.8. The molecule has 10 heteroatoms. The maximum absolute atomic E-state index is 10.5. The van der Waals surface area contributed by atoms with Gasteiger partial charge in [0, 0.05) is 30.2 Å². The summed E-state index contributed by atoms with van der Waals surface area (Å²) in [7, 11) is 0. The highest BCUT2D eigenvalue weighted by Gasteiger charge is 2.27. The van der Waals surface area contributed by atoms with Crippen LogP contribution in [0.4, 0.5) is 0 Å². The molecular weight excluding hydrogens is 798 g/mol. The minimum atomic E-state index is -0.661. The fourth-order valence-electron chi connectivity index (χ4n) is 8.46. The van der Waals surface area contributed by atoms with Gasteiger partial charge in [-0.15, -0.1) is 12.4 Å². The Balaban J connectivity index is 0.000000257. The summed E-state index contributed by atoms with van der Waals surface area (Å²) in [4.78, 5) is 0. The van der Waals surface area contributed by atoms with Crippen LogP contribution < -0.4 is 16.4 Å². The van der Waals surface area contributed by atoms with Crippen molar-refractivity contribution in [1.82, 2.24) is 10.6 Å². The summed E-state index contributed by atoms with van der Waals surface area (Å²) >= 11 is 0. The van der Waals surface area contributed by atoms with E-state index in [0.29, 0.717) is 23.9 Å². The Morgan fingerprint density at radius 3 is 0.984 bits per heavy atom. The van der Waals surface area contributed by atoms with Crippen LogP contribution in [0.3, 0.4) is 0 Å². The van der Waals surface area contributed by atoms with E-state index in [1.54, 1.807) is 67.6 Å². The van der Waals surface area contributed by atoms with Gasteiger partial charge in [0.1, 0.15) is 17.2 Å². The number of aliphatic hydroxyl groups excluding tert-OH is 3. The molecule has 2 aliphatic rings. The van der Waals surface area contributed by atoms with Crippen LogP contribution in [0.2, 0.25) is 0 Å². The van der Waals surface area contributed by atoms with Crippen LogP contribution >= 0.6 is 12.4 Å². The summed E-state index contributed by atoms with van der Waals surface area (Å²) in [5.74, 6) is 1.98. The van der Waals surface area contributed by atoms with Crippen molar-refractivity contribution in [1.29, 1.82) is 0 Å². The molecule has 5 aromatic rings. The predicted molar refractivity (Wildman–Crippen MR) is 255 cm³/mol. The number of rotatable bonds is 12. The van der Waals surface area contributed by atoms with Crippen LogP contribution in [0.25, 0.3) is 0 Å². The number of hydrogen-bond acceptors (Lipinski definition) is 9. The summed E-state index contributed by atoms with van der Waals surface area (Å²) in [5, 5.41) is 65.3. The standard InChI is InChI=1S/2C21H27NO2.C9H13NO2.CH4.ClH/c2*1-15(21(24)18-9-13-20(23)14-10-18)22-19-11-7-17(8-12-19)16-5-3-2-4-6-16;1-6(10)9(12)7-2-4-8(11)5-3-7;;/h2*2-6,9-10,13-15,17,19,21-24H,7-8,11-12H2,1H3;2-6,9,11-12H,10H2,1H3;1H4;1H/t2*15-,17?,19?,21+;6-,9+;;/m000../s1. The Morgan fingerprint density at radius 2 is 0.710 bits per heavy atom. The van der Waals surface area contributed by atoms with E-state index < -0.39 is 18.3 Å². The molecule has 2 saturated carbocycles. The van der Waals surface area contributed by atoms with E-state index in [9.17, 15) is 25.5 Å². The Kier molecular flexibility index (Phi) is 22.0. The number of halogens is 1. The lowest BCUT2D eigenvalue weighted by molar-refractivity contribution is 0.124. The summed E-state index contributed by atoms with van der Waals surface area (Å²) in [6, 6.07) is 42.2. The van der Waals surface area contributed by atoms with Crippen molar-refractivity contribution in [2.45, 2.75) is 140 Å². The fraction of sp³-hybridized carbons (Fsp3) is 0.423. The molecule has 0 unspecified atom stereocenters. The topological polar surface area (TPSA) is 171 Å². The molecule has 2 fully saturated rings. The van der Waals surface area contributed by atoms with E-state index in [-0.39, 0.29) is 55.2 Å². The van der Waals surface area contributed by atoms with Crippen molar-refractivity contribution >= 4 is 12.4 Å². The highest BCUT2D eigenvalue weighted by Crippen LogP contribution is 2.35. The van der Waals surface area contributed by atoms with Crippen molar-refractivity contribution in [2.24, 2.45) is 5.73 Å². The van der Waals surface area contributed by atoms with Crippen LogP contribution in [-0.2, 0) is 0 Å². The summed E-state index contributed by atoms with van der Waals surface area (Å²) in [6.07, 6.45) is 7.60. The first-order valence-corrected chi connectivity index (χ1v) is 21.7. The highest BCUT2D eigenvalue weighted by atomic mass is 35.5. The van der Waals surface area contributed by atoms with Gasteiger partial charge in [0.2, 0.25) is 0 Å². The molecule has 9 nitrogen and oxygen atoms in total. The molecule has 0 bridgehead atoms. The average molecular weight is 871 g/mol. The molecule has 5 aromatic carbocycles. The van der Waals surface area contributed by atoms with Gasteiger partial charge in [-0.3, -0.25) is 0 Å². The number of phenolic OH excluding ortho intramolecular Hbond substituents is 3. The monoisotopic (exact) mass is 870 g/mol. The van der Waals surface area contributed by atoms with E-state index in [2.05, 4.69) is 71.3 Å². The maximum atomic E-state index is 10.5. The quantitative estimate of drug-likeness (QED) is 0.0592. The Bertz CT molecular complexity index is 1810. The molecule has 0 aromatic heterocycles. The van der Waals surface area contributed by atoms with Crippen molar-refractivity contribution in [3.8, 4) is 17.2 Å². The van der Waals surface area contributed by atoms with Gasteiger partial charge in [0.15, 0.2) is 0 Å². The number of nitrogens with two attached hydrogens (primary N) is 1. The molecule has 0 amide bonds. The van der Waals surface area contributed by atoms with Crippen molar-refractivity contribution in [3.63, 3.8) is 0 Å². The number of nitrogens with one attached hydrogen (secondary N) is 2. The third-order valence-electron chi connectivity index (χ3n) is 12.1. The van der Waals surface area contributed by atoms with E-state index in [1.807, 2.05) is 13.8 Å². The molecule has 2 aliphatic carbocycles. The van der Waals surface area contributed by atoms with Crippen LogP contribution in [0.5, 0.6) is 17.2 Å². The van der Waals surface area contributed by atoms with Gasteiger partial charge in [0.05, 0.1) is 18.3 Å². The molecule has 338 valence electrons. The summed E-state index contributed by atoms with van der Waals surface area (Å²) in [5.41, 5.74) is 10.8. The molecule has 0 spiro atoms. The molecule has 0 radical (unpaired) electrons. The summed E-state index contributed by atoms with van der Waals surface area (Å²) < 4.78 is 0. The summed E-state index contributed by atoms with van der Waals surface area (Å²) in [6.45, 7) is 5.79. The van der Waals surface area contributed by atoms with Crippen molar-refractivity contribution in [3.05, 3.63) is 161 Å². The lowest BCUT2D eigenvalue weighted by Gasteiger charge is -2.33. The van der Waals surface area contributed by atoms with Gasteiger partial charge in [-0.2, -0.15) is 0 Å². The number of benzene rings is 5. The van der Waals surface area contributed by atoms with Gasteiger partial charge in [0.25, 0.3) is 0 Å². The minimum absolute atomic E-state index is 0. The lowest BCUT2D eigenvalue weighted by Crippen LogP contribution is -2.41. The van der Waals surface area contributed by atoms with Crippen LogP contribution in [0, 0.1) is 0 Å². The van der Waals surface area contributed by atoms with Crippen LogP contribution in [-0.4, -0.2) is 60.8 Å². The van der Waals surface area contributed by atoms with Crippen LogP contribution in [0.1, 0.15) is 138 Å². The normalized spacial score (nSPS) is 21.3. The van der Waals surface area contributed by atoms with E-state index in [0.717, 1.165) is 42.4 Å². The van der Waals surface area contributed by atoms with Crippen molar-refractivity contribution < 1.29 is 30.6 Å². The zero-order valence-corrected chi connectivity index (χ0v) is 36.6. The first kappa shape index (κ1) is 51.9. The minimum Gasteiger partial charge on any atom is -0.508 e. The van der Waals surface area contributed by atoms with Gasteiger partial charge in [-0.25, -0.2) is 0 Å². The van der Waals surface area contributed by atoms with E-state index >= 15 is 0 Å². The van der Waals surface area contributed by atoms with Gasteiger partial charge < -0.3 is 47.0 Å². The molecule has 0 heterocycles. The molecule has 62 heavy (non-hydrogen) atoms. The SMILES string of the molecule is C.C[C@H](N)[C@@H](O)c1ccc(O)cc1.C[C@H](NC1CCC(c2ccccc2)CC1)[C@@H](O)c1ccc(O)cc1.C[C@H](NC1CCC(c2ccccc2)CC1)[C@@H](O)c1ccc(O)cc1.Cl. The lowest BCUT2D eigenvalue weighted by atomic mass is 9.81. The second-order valence-corrected chi connectivity index (χ2v) is 16.8. The van der Waals surface area contributed by atoms with Crippen molar-refractivity contribution in [2.75, 3.05) is 0 Å². The highest BCUT2D eigenvalue weighted by molar-refractivity contribution is 5.85. The van der Waals surface area contributed by atoms with E-state index in [4.69, 9.17) is 10.8 Å². The van der Waals surface area contributed by atoms with Crippen LogP contribution in [0.15, 0.2) is 133 Å². The Labute approximate surface area is 376 Å². The molecule has 0 aliphatic heterocycles. The maximum Gasteiger partial charge on any atom is 0.115 e. The molecule has 10 N–H and O–H groups in total. The first-order valence-electron chi connectivity index (χ1n) is 21.7. The molecular formula is C52H72ClN3O6. The largest absolute Gasteiger partial charge is 0.508 e. The first-order chi connectivity index (χ1) is 28.9. The number of hydrogen-bond donors (Lipinski definition) is 9. The second kappa shape index (κ2) is 26.2. The van der Waals surface area contributed by atoms with Gasteiger partial charge in [-0.05, 0) is 148 Å².